The summed E-state index contributed by atoms with van der Waals surface area (Å²) in [5, 5.41) is 4.53. The first kappa shape index (κ1) is 24.3. The van der Waals surface area contributed by atoms with E-state index >= 15 is 0 Å². The highest BCUT2D eigenvalue weighted by molar-refractivity contribution is 8.18. The van der Waals surface area contributed by atoms with Crippen molar-refractivity contribution >= 4 is 28.9 Å². The summed E-state index contributed by atoms with van der Waals surface area (Å²) in [5.41, 5.74) is 11.3. The predicted octanol–water partition coefficient (Wildman–Crippen LogP) is 7.33. The number of benzene rings is 3. The maximum Gasteiger partial charge on any atom is 0.0639 e. The minimum atomic E-state index is 1.08. The highest BCUT2D eigenvalue weighted by atomic mass is 32.2. The molecule has 1 nitrogen and oxygen atoms in total. The second-order valence-corrected chi connectivity index (χ2v) is 10.1. The van der Waals surface area contributed by atoms with Crippen LogP contribution in [0.15, 0.2) is 102 Å². The van der Waals surface area contributed by atoms with Gasteiger partial charge in [-0.25, -0.2) is 0 Å². The summed E-state index contributed by atoms with van der Waals surface area (Å²) in [6.45, 7) is 0. The molecule has 7 rings (SSSR count). The topological polar surface area (TPSA) is 12.4 Å². The van der Waals surface area contributed by atoms with E-state index in [4.69, 9.17) is 0 Å². The highest BCUT2D eigenvalue weighted by Gasteiger charge is 2.21. The van der Waals surface area contributed by atoms with Gasteiger partial charge in [-0.05, 0) is 89.0 Å². The van der Waals surface area contributed by atoms with E-state index in [0.717, 1.165) is 6.42 Å². The molecule has 0 unspecified atom stereocenters. The molecular formula is C34H33NS. The van der Waals surface area contributed by atoms with E-state index in [9.17, 15) is 0 Å². The third-order valence-corrected chi connectivity index (χ3v) is 7.64. The summed E-state index contributed by atoms with van der Waals surface area (Å²) < 4.78 is 0. The highest BCUT2D eigenvalue weighted by Crippen LogP contribution is 2.38. The molecule has 0 atom stereocenters. The van der Waals surface area contributed by atoms with Gasteiger partial charge in [-0.15, -0.1) is 0 Å². The summed E-state index contributed by atoms with van der Waals surface area (Å²) in [6, 6.07) is 21.9. The van der Waals surface area contributed by atoms with E-state index in [-0.39, 0.29) is 0 Å². The van der Waals surface area contributed by atoms with Crippen LogP contribution in [-0.4, -0.2) is 5.55 Å². The zero-order chi connectivity index (χ0) is 24.4. The van der Waals surface area contributed by atoms with E-state index in [1.165, 1.54) is 65.7 Å². The molecule has 3 aromatic carbocycles. The Hall–Kier alpha value is -3.36. The molecule has 0 N–H and O–H groups in total. The lowest BCUT2D eigenvalue weighted by Gasteiger charge is -2.26. The molecule has 1 heterocycles. The maximum absolute atomic E-state index is 4.09. The number of rotatable bonds is 0. The van der Waals surface area contributed by atoms with Crippen molar-refractivity contribution in [3.8, 4) is 11.1 Å². The third kappa shape index (κ3) is 6.06. The molecule has 0 radical (unpaired) electrons. The minimum Gasteiger partial charge on any atom is -0.257 e. The number of allylic oxidation sites excluding steroid dienone is 6. The van der Waals surface area contributed by atoms with Crippen molar-refractivity contribution in [2.24, 2.45) is 4.99 Å². The van der Waals surface area contributed by atoms with Gasteiger partial charge in [0, 0.05) is 11.4 Å². The number of hydrogen-bond acceptors (Lipinski definition) is 2. The summed E-state index contributed by atoms with van der Waals surface area (Å²) in [6.07, 6.45) is 23.2. The van der Waals surface area contributed by atoms with Crippen molar-refractivity contribution in [2.75, 3.05) is 0 Å². The zero-order valence-electron chi connectivity index (χ0n) is 20.8. The smallest absolute Gasteiger partial charge is 0.0639 e. The summed E-state index contributed by atoms with van der Waals surface area (Å²) in [4.78, 5) is 4.09. The molecule has 0 saturated heterocycles. The Kier molecular flexibility index (Phi) is 8.49. The molecular weight excluding hydrogens is 454 g/mol. The number of aryl methyl sites for hydroxylation is 2. The lowest BCUT2D eigenvalue weighted by molar-refractivity contribution is 0.676. The number of nitrogens with zero attached hydrogens (tertiary/aromatic N) is 1. The monoisotopic (exact) mass is 487 g/mol. The number of aliphatic imine (C=N–C) groups is 1. The number of fused-ring (bicyclic) bond motifs is 6. The molecule has 0 saturated carbocycles. The van der Waals surface area contributed by atoms with E-state index in [2.05, 4.69) is 83.2 Å². The number of hydrogen-bond donors (Lipinski definition) is 0. The van der Waals surface area contributed by atoms with E-state index in [0.29, 0.717) is 0 Å². The van der Waals surface area contributed by atoms with Crippen LogP contribution in [0, 0.1) is 0 Å². The Morgan fingerprint density at radius 3 is 2.25 bits per heavy atom. The lowest BCUT2D eigenvalue weighted by Crippen LogP contribution is -2.22. The van der Waals surface area contributed by atoms with Gasteiger partial charge in [0.1, 0.15) is 0 Å². The molecule has 4 aliphatic rings. The first-order valence-electron chi connectivity index (χ1n) is 13.0. The second-order valence-electron chi connectivity index (χ2n) is 9.34. The van der Waals surface area contributed by atoms with E-state index in [1.807, 2.05) is 36.0 Å². The molecule has 180 valence electrons. The molecule has 3 aliphatic carbocycles. The van der Waals surface area contributed by atoms with Crippen molar-refractivity contribution < 1.29 is 0 Å². The van der Waals surface area contributed by atoms with E-state index in [1.54, 1.807) is 28.5 Å². The summed E-state index contributed by atoms with van der Waals surface area (Å²) >= 11 is 1.61. The van der Waals surface area contributed by atoms with Crippen LogP contribution in [0.2, 0.25) is 0 Å². The van der Waals surface area contributed by atoms with Crippen molar-refractivity contribution in [3.63, 3.8) is 0 Å². The van der Waals surface area contributed by atoms with Gasteiger partial charge in [0.25, 0.3) is 0 Å². The maximum atomic E-state index is 4.09. The van der Waals surface area contributed by atoms with Crippen molar-refractivity contribution in [1.82, 2.24) is 0 Å². The van der Waals surface area contributed by atoms with Crippen LogP contribution in [0.3, 0.4) is 0 Å². The van der Waals surface area contributed by atoms with Gasteiger partial charge < -0.3 is 0 Å². The first-order valence-corrected chi connectivity index (χ1v) is 14.0. The fraction of sp³-hybridized carbons (Fsp3) is 0.206. The van der Waals surface area contributed by atoms with Crippen molar-refractivity contribution in [1.29, 1.82) is 0 Å². The van der Waals surface area contributed by atoms with Gasteiger partial charge in [0.2, 0.25) is 0 Å². The van der Waals surface area contributed by atoms with Crippen LogP contribution < -0.4 is 10.4 Å². The Morgan fingerprint density at radius 1 is 0.583 bits per heavy atom. The molecule has 0 aromatic heterocycles. The molecule has 0 spiro atoms. The Bertz CT molecular complexity index is 1420. The Balaban J connectivity index is 0.000000126. The molecule has 3 aromatic rings. The summed E-state index contributed by atoms with van der Waals surface area (Å²) in [5.74, 6) is 0. The predicted molar refractivity (Wildman–Crippen MR) is 159 cm³/mol. The van der Waals surface area contributed by atoms with Gasteiger partial charge in [-0.3, -0.25) is 4.99 Å². The van der Waals surface area contributed by atoms with Gasteiger partial charge in [0.05, 0.1) is 5.55 Å². The van der Waals surface area contributed by atoms with Crippen LogP contribution in [-0.2, 0) is 25.7 Å². The molecule has 0 fully saturated rings. The molecule has 2 heteroatoms. The van der Waals surface area contributed by atoms with Gasteiger partial charge in [0.15, 0.2) is 0 Å². The minimum absolute atomic E-state index is 1.08. The quantitative estimate of drug-likeness (QED) is 0.323. The average molecular weight is 488 g/mol. The summed E-state index contributed by atoms with van der Waals surface area (Å²) in [7, 11) is 0. The molecule has 1 aliphatic heterocycles. The molecule has 0 bridgehead atoms. The first-order chi connectivity index (χ1) is 17.9. The van der Waals surface area contributed by atoms with Crippen LogP contribution in [0.5, 0.6) is 0 Å². The standard InChI is InChI=1S/C18H18.C9H7NS.C7H8/c1-3-7-15-13(5-1)9-11-18-16-8-4-2-6-14(16)10-12-17(15)18;1-2-4-9-6-11-7-10-5-8(9)3-1;1-2-4-6-7-5-3-1/h1,3,5,7,10,12H,2,4,6,8-9,11H2;1-7H;1-6H,7H2. The second kappa shape index (κ2) is 12.6. The number of thioether (sulfide) groups is 1. The molecule has 0 amide bonds. The Morgan fingerprint density at radius 2 is 1.36 bits per heavy atom. The largest absolute Gasteiger partial charge is 0.257 e. The van der Waals surface area contributed by atoms with Crippen LogP contribution in [0.1, 0.15) is 41.5 Å². The average Bonchev–Trinajstić information content (AvgIpc) is 3.39. The SMILES string of the molecule is C1=CC=CCC=C1.C1=NC=c2ccccc2=CS1.c1ccc2c(c1)CCc1c-2ccc2c1CCCC2. The van der Waals surface area contributed by atoms with Gasteiger partial charge in [-0.1, -0.05) is 109 Å². The van der Waals surface area contributed by atoms with Crippen molar-refractivity contribution in [3.05, 3.63) is 130 Å². The third-order valence-electron chi connectivity index (χ3n) is 7.01. The Labute approximate surface area is 219 Å². The zero-order valence-corrected chi connectivity index (χ0v) is 21.6. The normalized spacial score (nSPS) is 16.0. The van der Waals surface area contributed by atoms with Gasteiger partial charge in [-0.2, -0.15) is 0 Å². The fourth-order valence-electron chi connectivity index (χ4n) is 5.21. The van der Waals surface area contributed by atoms with E-state index < -0.39 is 0 Å². The van der Waals surface area contributed by atoms with Crippen molar-refractivity contribution in [2.45, 2.75) is 44.9 Å². The molecule has 36 heavy (non-hydrogen) atoms. The van der Waals surface area contributed by atoms with Crippen LogP contribution in [0.4, 0.5) is 0 Å². The fourth-order valence-corrected chi connectivity index (χ4v) is 5.76. The lowest BCUT2D eigenvalue weighted by atomic mass is 9.78. The van der Waals surface area contributed by atoms with Gasteiger partial charge >= 0.3 is 0 Å². The van der Waals surface area contributed by atoms with Crippen LogP contribution >= 0.6 is 11.8 Å². The van der Waals surface area contributed by atoms with Crippen LogP contribution in [0.25, 0.3) is 22.7 Å².